The summed E-state index contributed by atoms with van der Waals surface area (Å²) in [5, 5.41) is 18.8. The van der Waals surface area contributed by atoms with Gasteiger partial charge in [0.15, 0.2) is 0 Å². The molecule has 5 rings (SSSR count). The molecular formula is C26H26ClN3O3. The van der Waals surface area contributed by atoms with Gasteiger partial charge in [-0.05, 0) is 56.9 Å². The Kier molecular flexibility index (Phi) is 5.96. The third-order valence-corrected chi connectivity index (χ3v) is 6.50. The number of furan rings is 1. The number of nitrogens with zero attached hydrogens (tertiary/aromatic N) is 2. The SMILES string of the molecule is Cc1cc(C(=O)N[C@H]2CC[C@H](O)CC2)nn1Cc1cc(Cl)cc2cc(-c3ccccc3)oc12. The number of benzene rings is 2. The summed E-state index contributed by atoms with van der Waals surface area (Å²) in [6, 6.07) is 17.6. The van der Waals surface area contributed by atoms with E-state index in [-0.39, 0.29) is 18.1 Å². The summed E-state index contributed by atoms with van der Waals surface area (Å²) in [7, 11) is 0. The summed E-state index contributed by atoms with van der Waals surface area (Å²) >= 11 is 6.41. The average Bonchev–Trinajstić information content (AvgIpc) is 3.40. The molecule has 7 heteroatoms. The highest BCUT2D eigenvalue weighted by atomic mass is 35.5. The van der Waals surface area contributed by atoms with Gasteiger partial charge in [-0.15, -0.1) is 0 Å². The van der Waals surface area contributed by atoms with E-state index in [2.05, 4.69) is 10.4 Å². The topological polar surface area (TPSA) is 80.3 Å². The van der Waals surface area contributed by atoms with Crippen LogP contribution in [0.1, 0.15) is 47.4 Å². The lowest BCUT2D eigenvalue weighted by atomic mass is 9.93. The van der Waals surface area contributed by atoms with Gasteiger partial charge in [-0.25, -0.2) is 0 Å². The van der Waals surface area contributed by atoms with Crippen LogP contribution in [0.4, 0.5) is 0 Å². The molecule has 0 bridgehead atoms. The fourth-order valence-corrected chi connectivity index (χ4v) is 4.72. The maximum Gasteiger partial charge on any atom is 0.272 e. The summed E-state index contributed by atoms with van der Waals surface area (Å²) in [5.74, 6) is 0.600. The molecule has 1 fully saturated rings. The van der Waals surface area contributed by atoms with Gasteiger partial charge in [-0.3, -0.25) is 9.48 Å². The first-order valence-electron chi connectivity index (χ1n) is 11.3. The van der Waals surface area contributed by atoms with Crippen LogP contribution in [0.25, 0.3) is 22.3 Å². The van der Waals surface area contributed by atoms with Crippen molar-refractivity contribution < 1.29 is 14.3 Å². The van der Waals surface area contributed by atoms with Gasteiger partial charge in [0.25, 0.3) is 5.91 Å². The second-order valence-corrected chi connectivity index (χ2v) is 9.20. The van der Waals surface area contributed by atoms with Crippen molar-refractivity contribution in [2.45, 2.75) is 51.3 Å². The lowest BCUT2D eigenvalue weighted by molar-refractivity contribution is 0.0862. The Morgan fingerprint density at radius 3 is 2.67 bits per heavy atom. The van der Waals surface area contributed by atoms with Gasteiger partial charge < -0.3 is 14.8 Å². The van der Waals surface area contributed by atoms with E-state index in [0.29, 0.717) is 17.3 Å². The molecule has 2 aromatic carbocycles. The summed E-state index contributed by atoms with van der Waals surface area (Å²) in [6.07, 6.45) is 2.76. The Labute approximate surface area is 197 Å². The molecule has 2 aromatic heterocycles. The van der Waals surface area contributed by atoms with Crippen LogP contribution in [-0.4, -0.2) is 32.9 Å². The van der Waals surface area contributed by atoms with Gasteiger partial charge in [0.2, 0.25) is 0 Å². The summed E-state index contributed by atoms with van der Waals surface area (Å²) in [4.78, 5) is 12.8. The fraction of sp³-hybridized carbons (Fsp3) is 0.308. The molecule has 1 saturated carbocycles. The number of carbonyl (C=O) groups is 1. The van der Waals surface area contributed by atoms with Crippen LogP contribution >= 0.6 is 11.6 Å². The van der Waals surface area contributed by atoms with Crippen LogP contribution in [0.15, 0.2) is 59.0 Å². The molecule has 33 heavy (non-hydrogen) atoms. The zero-order valence-corrected chi connectivity index (χ0v) is 19.2. The average molecular weight is 464 g/mol. The number of rotatable bonds is 5. The van der Waals surface area contributed by atoms with E-state index in [4.69, 9.17) is 16.0 Å². The molecule has 2 N–H and O–H groups in total. The van der Waals surface area contributed by atoms with E-state index in [0.717, 1.165) is 59.2 Å². The molecule has 170 valence electrons. The molecule has 0 spiro atoms. The third kappa shape index (κ3) is 4.68. The number of amides is 1. The predicted molar refractivity (Wildman–Crippen MR) is 128 cm³/mol. The van der Waals surface area contributed by atoms with E-state index in [9.17, 15) is 9.90 Å². The lowest BCUT2D eigenvalue weighted by Crippen LogP contribution is -2.38. The van der Waals surface area contributed by atoms with Crippen LogP contribution in [0, 0.1) is 6.92 Å². The zero-order valence-electron chi connectivity index (χ0n) is 18.4. The number of hydrogen-bond donors (Lipinski definition) is 2. The Balaban J connectivity index is 1.39. The van der Waals surface area contributed by atoms with E-state index >= 15 is 0 Å². The Morgan fingerprint density at radius 1 is 1.15 bits per heavy atom. The van der Waals surface area contributed by atoms with Gasteiger partial charge >= 0.3 is 0 Å². The van der Waals surface area contributed by atoms with Crippen LogP contribution < -0.4 is 5.32 Å². The molecule has 6 nitrogen and oxygen atoms in total. The Hall–Kier alpha value is -3.09. The second-order valence-electron chi connectivity index (χ2n) is 8.77. The van der Waals surface area contributed by atoms with Gasteiger partial charge in [-0.2, -0.15) is 5.10 Å². The number of aliphatic hydroxyl groups is 1. The van der Waals surface area contributed by atoms with Crippen LogP contribution in [0.2, 0.25) is 5.02 Å². The van der Waals surface area contributed by atoms with Crippen molar-refractivity contribution in [3.63, 3.8) is 0 Å². The largest absolute Gasteiger partial charge is 0.456 e. The van der Waals surface area contributed by atoms with Crippen molar-refractivity contribution in [2.75, 3.05) is 0 Å². The molecule has 0 radical (unpaired) electrons. The monoisotopic (exact) mass is 463 g/mol. The minimum atomic E-state index is -0.252. The number of halogens is 1. The standard InChI is InChI=1S/C26H26ClN3O3/c1-16-11-23(26(32)28-21-7-9-22(31)10-8-21)29-30(16)15-19-13-20(27)12-18-14-24(33-25(18)19)17-5-3-2-4-6-17/h2-6,11-14,21-22,31H,7-10,15H2,1H3,(H,28,32)/t21-,22-. The van der Waals surface area contributed by atoms with Crippen molar-refractivity contribution in [3.05, 3.63) is 76.6 Å². The predicted octanol–water partition coefficient (Wildman–Crippen LogP) is 5.34. The number of carbonyl (C=O) groups excluding carboxylic acids is 1. The molecule has 0 saturated heterocycles. The molecule has 4 aromatic rings. The summed E-state index contributed by atoms with van der Waals surface area (Å²) < 4.78 is 8.02. The number of aromatic nitrogens is 2. The highest BCUT2D eigenvalue weighted by Gasteiger charge is 2.23. The zero-order chi connectivity index (χ0) is 22.9. The Morgan fingerprint density at radius 2 is 1.91 bits per heavy atom. The van der Waals surface area contributed by atoms with E-state index in [1.165, 1.54) is 0 Å². The van der Waals surface area contributed by atoms with Gasteiger partial charge in [-0.1, -0.05) is 41.9 Å². The van der Waals surface area contributed by atoms with E-state index in [1.54, 1.807) is 10.7 Å². The molecule has 0 atom stereocenters. The third-order valence-electron chi connectivity index (χ3n) is 6.28. The normalized spacial score (nSPS) is 18.5. The number of hydrogen-bond acceptors (Lipinski definition) is 4. The number of aryl methyl sites for hydroxylation is 1. The first kappa shape index (κ1) is 21.7. The molecule has 0 unspecified atom stereocenters. The quantitative estimate of drug-likeness (QED) is 0.418. The van der Waals surface area contributed by atoms with Gasteiger partial charge in [0.05, 0.1) is 12.6 Å². The molecule has 0 aliphatic heterocycles. The highest BCUT2D eigenvalue weighted by molar-refractivity contribution is 6.31. The highest BCUT2D eigenvalue weighted by Crippen LogP contribution is 2.32. The molecule has 1 aliphatic carbocycles. The number of nitrogens with one attached hydrogen (secondary N) is 1. The maximum absolute atomic E-state index is 12.8. The van der Waals surface area contributed by atoms with E-state index < -0.39 is 0 Å². The minimum absolute atomic E-state index is 0.0819. The number of fused-ring (bicyclic) bond motifs is 1. The van der Waals surface area contributed by atoms with Crippen molar-refractivity contribution in [3.8, 4) is 11.3 Å². The molecule has 1 amide bonds. The fourth-order valence-electron chi connectivity index (χ4n) is 4.47. The molecular weight excluding hydrogens is 438 g/mol. The summed E-state index contributed by atoms with van der Waals surface area (Å²) in [5.41, 5.74) is 3.93. The van der Waals surface area contributed by atoms with Gasteiger partial charge in [0.1, 0.15) is 17.0 Å². The Bertz CT molecular complexity index is 1290. The first-order chi connectivity index (χ1) is 16.0. The van der Waals surface area contributed by atoms with Crippen LogP contribution in [0.3, 0.4) is 0 Å². The van der Waals surface area contributed by atoms with Crippen molar-refractivity contribution >= 4 is 28.5 Å². The smallest absolute Gasteiger partial charge is 0.272 e. The van der Waals surface area contributed by atoms with Gasteiger partial charge in [0, 0.05) is 33.3 Å². The minimum Gasteiger partial charge on any atom is -0.456 e. The van der Waals surface area contributed by atoms with Crippen LogP contribution in [0.5, 0.6) is 0 Å². The lowest BCUT2D eigenvalue weighted by Gasteiger charge is -2.25. The van der Waals surface area contributed by atoms with Crippen molar-refractivity contribution in [1.29, 1.82) is 0 Å². The van der Waals surface area contributed by atoms with Crippen molar-refractivity contribution in [1.82, 2.24) is 15.1 Å². The second kappa shape index (κ2) is 9.04. The number of aliphatic hydroxyl groups excluding tert-OH is 1. The summed E-state index contributed by atoms with van der Waals surface area (Å²) in [6.45, 7) is 2.37. The molecule has 2 heterocycles. The molecule has 1 aliphatic rings. The van der Waals surface area contributed by atoms with Crippen LogP contribution in [-0.2, 0) is 6.54 Å². The maximum atomic E-state index is 12.8. The van der Waals surface area contributed by atoms with Crippen molar-refractivity contribution in [2.24, 2.45) is 0 Å². The van der Waals surface area contributed by atoms with E-state index in [1.807, 2.05) is 55.5 Å². The first-order valence-corrected chi connectivity index (χ1v) is 11.6.